The third-order valence-electron chi connectivity index (χ3n) is 2.51. The van der Waals surface area contributed by atoms with Gasteiger partial charge in [0.15, 0.2) is 0 Å². The Hall–Kier alpha value is -1.02. The summed E-state index contributed by atoms with van der Waals surface area (Å²) < 4.78 is 0. The van der Waals surface area contributed by atoms with Gasteiger partial charge in [-0.25, -0.2) is 0 Å². The molecular formula is C14H20ClNO. The van der Waals surface area contributed by atoms with Crippen molar-refractivity contribution in [1.29, 1.82) is 0 Å². The maximum Gasteiger partial charge on any atom is 0.224 e. The molecule has 3 heteroatoms. The summed E-state index contributed by atoms with van der Waals surface area (Å²) in [5, 5.41) is 2.98. The second-order valence-corrected chi connectivity index (χ2v) is 5.02. The molecule has 0 aliphatic carbocycles. The van der Waals surface area contributed by atoms with E-state index in [1.165, 1.54) is 0 Å². The average molecular weight is 254 g/mol. The normalized spacial score (nSPS) is 12.5. The Labute approximate surface area is 108 Å². The van der Waals surface area contributed by atoms with E-state index in [-0.39, 0.29) is 11.9 Å². The van der Waals surface area contributed by atoms with Crippen LogP contribution < -0.4 is 5.32 Å². The van der Waals surface area contributed by atoms with E-state index in [9.17, 15) is 4.79 Å². The van der Waals surface area contributed by atoms with Crippen LogP contribution >= 0.6 is 11.6 Å². The first-order valence-corrected chi connectivity index (χ1v) is 6.54. The monoisotopic (exact) mass is 253 g/mol. The molecule has 1 aromatic rings. The molecule has 1 aromatic carbocycles. The molecule has 0 spiro atoms. The summed E-state index contributed by atoms with van der Waals surface area (Å²) in [6, 6.07) is 9.82. The van der Waals surface area contributed by atoms with E-state index in [4.69, 9.17) is 11.6 Å². The van der Waals surface area contributed by atoms with E-state index >= 15 is 0 Å². The summed E-state index contributed by atoms with van der Waals surface area (Å²) >= 11 is 5.84. The first kappa shape index (κ1) is 14.0. The van der Waals surface area contributed by atoms with Gasteiger partial charge in [-0.2, -0.15) is 0 Å². The highest BCUT2D eigenvalue weighted by Gasteiger charge is 2.12. The van der Waals surface area contributed by atoms with Crippen LogP contribution in [0.3, 0.4) is 0 Å². The second-order valence-electron chi connectivity index (χ2n) is 4.71. The molecule has 1 N–H and O–H groups in total. The van der Waals surface area contributed by atoms with Crippen molar-refractivity contribution in [2.45, 2.75) is 32.7 Å². The van der Waals surface area contributed by atoms with Crippen LogP contribution in [0.2, 0.25) is 0 Å². The van der Waals surface area contributed by atoms with Crippen LogP contribution in [-0.4, -0.2) is 17.8 Å². The Bertz CT molecular complexity index is 337. The zero-order valence-corrected chi connectivity index (χ0v) is 11.2. The number of carbonyl (C=O) groups excluding carboxylic acids is 1. The molecule has 0 heterocycles. The van der Waals surface area contributed by atoms with E-state index in [0.717, 1.165) is 12.0 Å². The van der Waals surface area contributed by atoms with Gasteiger partial charge in [0.1, 0.15) is 0 Å². The van der Waals surface area contributed by atoms with Gasteiger partial charge in [0.05, 0.1) is 6.42 Å². The minimum absolute atomic E-state index is 0.0440. The molecule has 0 aliphatic heterocycles. The van der Waals surface area contributed by atoms with Crippen molar-refractivity contribution in [2.24, 2.45) is 5.92 Å². The fourth-order valence-electron chi connectivity index (χ4n) is 1.79. The number of hydrogen-bond acceptors (Lipinski definition) is 1. The molecule has 1 unspecified atom stereocenters. The molecule has 1 amide bonds. The summed E-state index contributed by atoms with van der Waals surface area (Å²) in [4.78, 5) is 11.8. The predicted molar refractivity (Wildman–Crippen MR) is 72.3 cm³/mol. The lowest BCUT2D eigenvalue weighted by Gasteiger charge is -2.18. The van der Waals surface area contributed by atoms with Crippen LogP contribution in [0.15, 0.2) is 30.3 Å². The predicted octanol–water partition coefficient (Wildman–Crippen LogP) is 3.00. The quantitative estimate of drug-likeness (QED) is 0.776. The van der Waals surface area contributed by atoms with Gasteiger partial charge in [-0.15, -0.1) is 11.6 Å². The summed E-state index contributed by atoms with van der Waals surface area (Å²) in [6.45, 7) is 4.26. The van der Waals surface area contributed by atoms with E-state index in [1.54, 1.807) is 0 Å². The summed E-state index contributed by atoms with van der Waals surface area (Å²) in [7, 11) is 0. The number of halogens is 1. The van der Waals surface area contributed by atoms with Gasteiger partial charge in [-0.05, 0) is 17.9 Å². The van der Waals surface area contributed by atoms with Crippen LogP contribution in [0.4, 0.5) is 0 Å². The third kappa shape index (κ3) is 5.73. The topological polar surface area (TPSA) is 29.1 Å². The van der Waals surface area contributed by atoms with Gasteiger partial charge in [0.2, 0.25) is 5.91 Å². The van der Waals surface area contributed by atoms with Gasteiger partial charge in [0.25, 0.3) is 0 Å². The Kier molecular flexibility index (Phi) is 6.06. The number of nitrogens with one attached hydrogen (secondary N) is 1. The van der Waals surface area contributed by atoms with E-state index < -0.39 is 0 Å². The second kappa shape index (κ2) is 7.33. The molecule has 94 valence electrons. The molecule has 0 fully saturated rings. The van der Waals surface area contributed by atoms with Crippen molar-refractivity contribution in [3.63, 3.8) is 0 Å². The number of rotatable bonds is 6. The molecule has 2 nitrogen and oxygen atoms in total. The third-order valence-corrected chi connectivity index (χ3v) is 2.89. The lowest BCUT2D eigenvalue weighted by atomic mass is 10.0. The number of amides is 1. The fraction of sp³-hybridized carbons (Fsp3) is 0.500. The lowest BCUT2D eigenvalue weighted by molar-refractivity contribution is -0.121. The van der Waals surface area contributed by atoms with Crippen LogP contribution in [0, 0.1) is 5.92 Å². The first-order chi connectivity index (χ1) is 8.11. The van der Waals surface area contributed by atoms with Crippen molar-refractivity contribution in [2.75, 3.05) is 5.88 Å². The van der Waals surface area contributed by atoms with Crippen molar-refractivity contribution >= 4 is 17.5 Å². The molecule has 0 bridgehead atoms. The highest BCUT2D eigenvalue weighted by Crippen LogP contribution is 2.07. The van der Waals surface area contributed by atoms with Crippen molar-refractivity contribution in [3.05, 3.63) is 35.9 Å². The van der Waals surface area contributed by atoms with Gasteiger partial charge >= 0.3 is 0 Å². The number of hydrogen-bond donors (Lipinski definition) is 1. The minimum atomic E-state index is 0.0440. The Morgan fingerprint density at radius 1 is 1.29 bits per heavy atom. The molecule has 0 aliphatic rings. The highest BCUT2D eigenvalue weighted by molar-refractivity contribution is 6.18. The van der Waals surface area contributed by atoms with Crippen molar-refractivity contribution in [1.82, 2.24) is 5.32 Å². The average Bonchev–Trinajstić information content (AvgIpc) is 2.28. The van der Waals surface area contributed by atoms with Gasteiger partial charge in [-0.1, -0.05) is 44.2 Å². The lowest BCUT2D eigenvalue weighted by Crippen LogP contribution is -2.38. The number of carbonyl (C=O) groups is 1. The van der Waals surface area contributed by atoms with Gasteiger partial charge in [0, 0.05) is 11.9 Å². The SMILES string of the molecule is CC(C)CC(CCl)NC(=O)Cc1ccccc1. The molecule has 1 rings (SSSR count). The number of benzene rings is 1. The van der Waals surface area contributed by atoms with Crippen LogP contribution in [-0.2, 0) is 11.2 Å². The van der Waals surface area contributed by atoms with Gasteiger partial charge < -0.3 is 5.32 Å². The van der Waals surface area contributed by atoms with Crippen LogP contribution in [0.5, 0.6) is 0 Å². The molecule has 17 heavy (non-hydrogen) atoms. The first-order valence-electron chi connectivity index (χ1n) is 6.01. The Morgan fingerprint density at radius 3 is 2.47 bits per heavy atom. The van der Waals surface area contributed by atoms with Crippen LogP contribution in [0.25, 0.3) is 0 Å². The largest absolute Gasteiger partial charge is 0.352 e. The van der Waals surface area contributed by atoms with E-state index in [1.807, 2.05) is 30.3 Å². The summed E-state index contributed by atoms with van der Waals surface area (Å²) in [5.41, 5.74) is 1.03. The van der Waals surface area contributed by atoms with E-state index in [0.29, 0.717) is 18.2 Å². The maximum atomic E-state index is 11.8. The van der Waals surface area contributed by atoms with Crippen LogP contribution in [0.1, 0.15) is 25.8 Å². The standard InChI is InChI=1S/C14H20ClNO/c1-11(2)8-13(10-15)16-14(17)9-12-6-4-3-5-7-12/h3-7,11,13H,8-10H2,1-2H3,(H,16,17). The molecule has 0 saturated heterocycles. The maximum absolute atomic E-state index is 11.8. The highest BCUT2D eigenvalue weighted by atomic mass is 35.5. The molecule has 0 radical (unpaired) electrons. The minimum Gasteiger partial charge on any atom is -0.352 e. The zero-order chi connectivity index (χ0) is 12.7. The Balaban J connectivity index is 2.43. The van der Waals surface area contributed by atoms with E-state index in [2.05, 4.69) is 19.2 Å². The molecule has 0 saturated carbocycles. The number of alkyl halides is 1. The Morgan fingerprint density at radius 2 is 1.94 bits per heavy atom. The summed E-state index contributed by atoms with van der Waals surface area (Å²) in [5.74, 6) is 1.05. The van der Waals surface area contributed by atoms with Crippen molar-refractivity contribution in [3.8, 4) is 0 Å². The fourth-order valence-corrected chi connectivity index (χ4v) is 1.99. The molecule has 1 atom stereocenters. The zero-order valence-electron chi connectivity index (χ0n) is 10.4. The van der Waals surface area contributed by atoms with Gasteiger partial charge in [-0.3, -0.25) is 4.79 Å². The summed E-state index contributed by atoms with van der Waals surface area (Å²) in [6.07, 6.45) is 1.34. The smallest absolute Gasteiger partial charge is 0.224 e. The molecule has 0 aromatic heterocycles. The van der Waals surface area contributed by atoms with Crippen molar-refractivity contribution < 1.29 is 4.79 Å². The molecular weight excluding hydrogens is 234 g/mol.